The van der Waals surface area contributed by atoms with Crippen molar-refractivity contribution in [2.24, 2.45) is 5.41 Å². The van der Waals surface area contributed by atoms with E-state index in [0.29, 0.717) is 11.0 Å². The quantitative estimate of drug-likeness (QED) is 0.779. The van der Waals surface area contributed by atoms with Crippen molar-refractivity contribution in [3.05, 3.63) is 30.1 Å². The second kappa shape index (κ2) is 4.09. The predicted octanol–water partition coefficient (Wildman–Crippen LogP) is 3.75. The van der Waals surface area contributed by atoms with Gasteiger partial charge in [0.2, 0.25) is 0 Å². The standard InChI is InChI=1S/C13H16F2N2/c1-13(2,3)4-5-17-8-16-11-6-9(14)10(15)7-12(11)17/h6-8H,4-5H2,1-3H3. The third-order valence-electron chi connectivity index (χ3n) is 2.77. The third kappa shape index (κ3) is 2.62. The molecule has 0 saturated carbocycles. The normalized spacial score (nSPS) is 12.3. The predicted molar refractivity (Wildman–Crippen MR) is 63.7 cm³/mol. The minimum atomic E-state index is -0.849. The second-order valence-electron chi connectivity index (χ2n) is 5.50. The van der Waals surface area contributed by atoms with E-state index in [9.17, 15) is 8.78 Å². The van der Waals surface area contributed by atoms with E-state index in [2.05, 4.69) is 25.8 Å². The lowest BCUT2D eigenvalue weighted by Gasteiger charge is -2.18. The van der Waals surface area contributed by atoms with Crippen molar-refractivity contribution < 1.29 is 8.78 Å². The van der Waals surface area contributed by atoms with E-state index in [-0.39, 0.29) is 5.41 Å². The van der Waals surface area contributed by atoms with Gasteiger partial charge < -0.3 is 4.57 Å². The summed E-state index contributed by atoms with van der Waals surface area (Å²) in [6.07, 6.45) is 2.59. The van der Waals surface area contributed by atoms with Gasteiger partial charge >= 0.3 is 0 Å². The number of imidazole rings is 1. The summed E-state index contributed by atoms with van der Waals surface area (Å²) in [5.74, 6) is -1.67. The molecular weight excluding hydrogens is 222 g/mol. The van der Waals surface area contributed by atoms with E-state index >= 15 is 0 Å². The van der Waals surface area contributed by atoms with Crippen LogP contribution in [0.1, 0.15) is 27.2 Å². The summed E-state index contributed by atoms with van der Waals surface area (Å²) in [5, 5.41) is 0. The molecule has 17 heavy (non-hydrogen) atoms. The van der Waals surface area contributed by atoms with Gasteiger partial charge in [0, 0.05) is 18.7 Å². The number of nitrogens with zero attached hydrogens (tertiary/aromatic N) is 2. The van der Waals surface area contributed by atoms with Crippen LogP contribution in [0.5, 0.6) is 0 Å². The SMILES string of the molecule is CC(C)(C)CCn1cnc2cc(F)c(F)cc21. The number of benzene rings is 1. The monoisotopic (exact) mass is 238 g/mol. The summed E-state index contributed by atoms with van der Waals surface area (Å²) >= 11 is 0. The van der Waals surface area contributed by atoms with Gasteiger partial charge in [-0.1, -0.05) is 20.8 Å². The molecule has 0 bridgehead atoms. The van der Waals surface area contributed by atoms with Crippen LogP contribution in [0, 0.1) is 17.0 Å². The molecule has 0 radical (unpaired) electrons. The largest absolute Gasteiger partial charge is 0.330 e. The van der Waals surface area contributed by atoms with Crippen LogP contribution in [0.4, 0.5) is 8.78 Å². The molecule has 0 aliphatic heterocycles. The smallest absolute Gasteiger partial charge is 0.161 e. The zero-order valence-electron chi connectivity index (χ0n) is 10.3. The van der Waals surface area contributed by atoms with Crippen LogP contribution < -0.4 is 0 Å². The zero-order valence-corrected chi connectivity index (χ0v) is 10.3. The highest BCUT2D eigenvalue weighted by molar-refractivity contribution is 5.75. The van der Waals surface area contributed by atoms with Gasteiger partial charge in [-0.15, -0.1) is 0 Å². The zero-order chi connectivity index (χ0) is 12.6. The van der Waals surface area contributed by atoms with E-state index in [1.165, 1.54) is 6.07 Å². The number of rotatable bonds is 2. The number of fused-ring (bicyclic) bond motifs is 1. The highest BCUT2D eigenvalue weighted by atomic mass is 19.2. The Morgan fingerprint density at radius 1 is 1.18 bits per heavy atom. The highest BCUT2D eigenvalue weighted by Crippen LogP contribution is 2.22. The molecule has 0 amide bonds. The molecule has 1 aromatic carbocycles. The first-order valence-corrected chi connectivity index (χ1v) is 5.67. The van der Waals surface area contributed by atoms with Crippen molar-refractivity contribution in [2.45, 2.75) is 33.7 Å². The molecule has 1 heterocycles. The van der Waals surface area contributed by atoms with Crippen LogP contribution in [0.2, 0.25) is 0 Å². The fraction of sp³-hybridized carbons (Fsp3) is 0.462. The van der Waals surface area contributed by atoms with E-state index in [1.54, 1.807) is 6.33 Å². The van der Waals surface area contributed by atoms with Crippen LogP contribution in [0.3, 0.4) is 0 Å². The minimum Gasteiger partial charge on any atom is -0.330 e. The summed E-state index contributed by atoms with van der Waals surface area (Å²) < 4.78 is 28.0. The summed E-state index contributed by atoms with van der Waals surface area (Å²) in [6, 6.07) is 2.35. The molecule has 4 heteroatoms. The van der Waals surface area contributed by atoms with E-state index < -0.39 is 11.6 Å². The summed E-state index contributed by atoms with van der Waals surface area (Å²) in [7, 11) is 0. The molecule has 0 atom stereocenters. The van der Waals surface area contributed by atoms with Gasteiger partial charge in [0.1, 0.15) is 0 Å². The number of hydrogen-bond acceptors (Lipinski definition) is 1. The average molecular weight is 238 g/mol. The van der Waals surface area contributed by atoms with E-state index in [0.717, 1.165) is 19.0 Å². The molecule has 2 nitrogen and oxygen atoms in total. The lowest BCUT2D eigenvalue weighted by molar-refractivity contribution is 0.352. The van der Waals surface area contributed by atoms with Crippen LogP contribution in [0.25, 0.3) is 11.0 Å². The van der Waals surface area contributed by atoms with Gasteiger partial charge in [-0.2, -0.15) is 0 Å². The van der Waals surface area contributed by atoms with Crippen LogP contribution in [-0.2, 0) is 6.54 Å². The summed E-state index contributed by atoms with van der Waals surface area (Å²) in [6.45, 7) is 7.19. The molecule has 2 rings (SSSR count). The molecule has 0 saturated heterocycles. The first kappa shape index (κ1) is 12.0. The summed E-state index contributed by atoms with van der Waals surface area (Å²) in [4.78, 5) is 4.08. The third-order valence-corrected chi connectivity index (χ3v) is 2.77. The lowest BCUT2D eigenvalue weighted by Crippen LogP contribution is -2.09. The number of hydrogen-bond donors (Lipinski definition) is 0. The topological polar surface area (TPSA) is 17.8 Å². The molecular formula is C13H16F2N2. The van der Waals surface area contributed by atoms with E-state index in [4.69, 9.17) is 0 Å². The Morgan fingerprint density at radius 2 is 1.82 bits per heavy atom. The summed E-state index contributed by atoms with van der Waals surface area (Å²) in [5.41, 5.74) is 1.35. The van der Waals surface area contributed by atoms with Crippen molar-refractivity contribution in [2.75, 3.05) is 0 Å². The number of aryl methyl sites for hydroxylation is 1. The van der Waals surface area contributed by atoms with Gasteiger partial charge in [-0.25, -0.2) is 13.8 Å². The first-order valence-electron chi connectivity index (χ1n) is 5.67. The highest BCUT2D eigenvalue weighted by Gasteiger charge is 2.13. The van der Waals surface area contributed by atoms with Crippen LogP contribution >= 0.6 is 0 Å². The van der Waals surface area contributed by atoms with Crippen molar-refractivity contribution in [3.63, 3.8) is 0 Å². The molecule has 0 N–H and O–H groups in total. The van der Waals surface area contributed by atoms with Gasteiger partial charge in [-0.05, 0) is 11.8 Å². The van der Waals surface area contributed by atoms with Gasteiger partial charge in [0.15, 0.2) is 11.6 Å². The van der Waals surface area contributed by atoms with Crippen LogP contribution in [0.15, 0.2) is 18.5 Å². The Morgan fingerprint density at radius 3 is 2.47 bits per heavy atom. The van der Waals surface area contributed by atoms with Crippen molar-refractivity contribution in [3.8, 4) is 0 Å². The first-order chi connectivity index (χ1) is 7.87. The molecule has 2 aromatic rings. The maximum absolute atomic E-state index is 13.2. The van der Waals surface area contributed by atoms with E-state index in [1.807, 2.05) is 4.57 Å². The van der Waals surface area contributed by atoms with Gasteiger partial charge in [0.25, 0.3) is 0 Å². The molecule has 0 aliphatic carbocycles. The Hall–Kier alpha value is -1.45. The molecule has 0 spiro atoms. The average Bonchev–Trinajstić information content (AvgIpc) is 2.57. The Labute approximate surface area is 99.3 Å². The Kier molecular flexibility index (Phi) is 2.89. The van der Waals surface area contributed by atoms with Crippen LogP contribution in [-0.4, -0.2) is 9.55 Å². The maximum atomic E-state index is 13.2. The van der Waals surface area contributed by atoms with Crippen molar-refractivity contribution >= 4 is 11.0 Å². The maximum Gasteiger partial charge on any atom is 0.161 e. The van der Waals surface area contributed by atoms with Crippen molar-refractivity contribution in [1.29, 1.82) is 0 Å². The fourth-order valence-electron chi connectivity index (χ4n) is 1.69. The fourth-order valence-corrected chi connectivity index (χ4v) is 1.69. The molecule has 0 unspecified atom stereocenters. The second-order valence-corrected chi connectivity index (χ2v) is 5.50. The van der Waals surface area contributed by atoms with Crippen molar-refractivity contribution in [1.82, 2.24) is 9.55 Å². The molecule has 0 aliphatic rings. The molecule has 0 fully saturated rings. The number of aromatic nitrogens is 2. The Bertz CT molecular complexity index is 538. The minimum absolute atomic E-state index is 0.204. The van der Waals surface area contributed by atoms with Gasteiger partial charge in [0.05, 0.1) is 17.4 Å². The molecule has 92 valence electrons. The number of halogens is 2. The molecule has 1 aromatic heterocycles. The van der Waals surface area contributed by atoms with Gasteiger partial charge in [-0.3, -0.25) is 0 Å². The lowest BCUT2D eigenvalue weighted by atomic mass is 9.92. The Balaban J connectivity index is 2.33.